The Balaban J connectivity index is 0. The molecule has 0 aromatic heterocycles. The predicted molar refractivity (Wildman–Crippen MR) is 88.4 cm³/mol. The molecular formula is C15H28N2S. The van der Waals surface area contributed by atoms with Gasteiger partial charge in [-0.1, -0.05) is 44.4 Å². The molecule has 0 saturated heterocycles. The second-order valence-corrected chi connectivity index (χ2v) is 4.85. The maximum atomic E-state index is 5.28. The topological polar surface area (TPSA) is 24.1 Å². The Morgan fingerprint density at radius 3 is 2.28 bits per heavy atom. The smallest absolute Gasteiger partial charge is 0.170 e. The number of anilines is 1. The van der Waals surface area contributed by atoms with Gasteiger partial charge >= 0.3 is 0 Å². The number of benzene rings is 1. The van der Waals surface area contributed by atoms with Gasteiger partial charge in [0.2, 0.25) is 0 Å². The predicted octanol–water partition coefficient (Wildman–Crippen LogP) is 4.74. The summed E-state index contributed by atoms with van der Waals surface area (Å²) in [5.74, 6) is 0. The number of hydrogen-bond donors (Lipinski definition) is 2. The zero-order chi connectivity index (χ0) is 13.4. The molecule has 2 rings (SSSR count). The molecule has 0 spiro atoms. The summed E-state index contributed by atoms with van der Waals surface area (Å²) >= 11 is 5.28. The molecule has 104 valence electrons. The van der Waals surface area contributed by atoms with Crippen LogP contribution in [0.2, 0.25) is 0 Å². The third-order valence-corrected chi connectivity index (χ3v) is 3.22. The molecule has 0 bridgehead atoms. The second kappa shape index (κ2) is 8.09. The highest BCUT2D eigenvalue weighted by atomic mass is 32.1. The molecule has 0 unspecified atom stereocenters. The molecule has 1 fully saturated rings. The summed E-state index contributed by atoms with van der Waals surface area (Å²) in [6, 6.07) is 8.85. The van der Waals surface area contributed by atoms with Crippen LogP contribution >= 0.6 is 12.2 Å². The van der Waals surface area contributed by atoms with E-state index in [4.69, 9.17) is 12.2 Å². The Labute approximate surface area is 119 Å². The third-order valence-electron chi connectivity index (χ3n) is 3.00. The van der Waals surface area contributed by atoms with Crippen LogP contribution in [0.4, 0.5) is 5.69 Å². The van der Waals surface area contributed by atoms with E-state index in [1.54, 1.807) is 0 Å². The van der Waals surface area contributed by atoms with Gasteiger partial charge in [-0.3, -0.25) is 0 Å². The van der Waals surface area contributed by atoms with Gasteiger partial charge in [0.05, 0.1) is 0 Å². The molecule has 1 aromatic rings. The molecule has 18 heavy (non-hydrogen) atoms. The minimum Gasteiger partial charge on any atom is -0.360 e. The average Bonchev–Trinajstić information content (AvgIpc) is 2.87. The highest BCUT2D eigenvalue weighted by Gasteiger charge is 2.15. The zero-order valence-electron chi connectivity index (χ0n) is 11.6. The van der Waals surface area contributed by atoms with Gasteiger partial charge in [0.15, 0.2) is 5.11 Å². The van der Waals surface area contributed by atoms with Crippen molar-refractivity contribution in [3.05, 3.63) is 29.8 Å². The van der Waals surface area contributed by atoms with Crippen LogP contribution < -0.4 is 10.6 Å². The van der Waals surface area contributed by atoms with Crippen molar-refractivity contribution in [3.63, 3.8) is 0 Å². The number of hydrogen-bond acceptors (Lipinski definition) is 1. The molecule has 1 saturated carbocycles. The van der Waals surface area contributed by atoms with Crippen LogP contribution in [0.5, 0.6) is 0 Å². The number of thiocarbonyl (C=S) groups is 1. The van der Waals surface area contributed by atoms with Crippen molar-refractivity contribution in [1.82, 2.24) is 5.32 Å². The van der Waals surface area contributed by atoms with Crippen LogP contribution in [-0.2, 0) is 0 Å². The highest BCUT2D eigenvalue weighted by molar-refractivity contribution is 7.80. The fourth-order valence-electron chi connectivity index (χ4n) is 2.06. The van der Waals surface area contributed by atoms with E-state index >= 15 is 0 Å². The van der Waals surface area contributed by atoms with Crippen LogP contribution in [0.25, 0.3) is 0 Å². The van der Waals surface area contributed by atoms with E-state index in [0.717, 1.165) is 10.8 Å². The SMILES string of the molecule is CC.Cc1ccc(NC(=S)NC2CCCC2)cc1.[HH].[HH]. The van der Waals surface area contributed by atoms with Gasteiger partial charge in [-0.25, -0.2) is 0 Å². The summed E-state index contributed by atoms with van der Waals surface area (Å²) in [4.78, 5) is 0. The molecule has 2 nitrogen and oxygen atoms in total. The minimum atomic E-state index is 0. The molecule has 1 aliphatic carbocycles. The first-order valence-electron chi connectivity index (χ1n) is 6.88. The summed E-state index contributed by atoms with van der Waals surface area (Å²) in [6.45, 7) is 6.08. The van der Waals surface area contributed by atoms with E-state index in [-0.39, 0.29) is 2.85 Å². The number of rotatable bonds is 2. The summed E-state index contributed by atoms with van der Waals surface area (Å²) in [5.41, 5.74) is 2.32. The summed E-state index contributed by atoms with van der Waals surface area (Å²) in [7, 11) is 0. The molecule has 0 radical (unpaired) electrons. The van der Waals surface area contributed by atoms with Crippen molar-refractivity contribution < 1.29 is 2.85 Å². The molecule has 0 amide bonds. The van der Waals surface area contributed by atoms with E-state index in [0.29, 0.717) is 6.04 Å². The molecule has 2 N–H and O–H groups in total. The first-order chi connectivity index (χ1) is 8.74. The molecule has 1 aliphatic rings. The lowest BCUT2D eigenvalue weighted by Gasteiger charge is -2.15. The standard InChI is InChI=1S/C13H18N2S.C2H6.2H2/c1-10-6-8-12(9-7-10)15-13(16)14-11-4-2-3-5-11;1-2;;/h6-9,11H,2-5H2,1H3,(H2,14,15,16);1-2H3;2*1H. The summed E-state index contributed by atoms with van der Waals surface area (Å²) in [6.07, 6.45) is 5.14. The first-order valence-corrected chi connectivity index (χ1v) is 7.29. The van der Waals surface area contributed by atoms with Gasteiger partial charge in [-0.2, -0.15) is 0 Å². The van der Waals surface area contributed by atoms with Crippen LogP contribution in [-0.4, -0.2) is 11.2 Å². The largest absolute Gasteiger partial charge is 0.360 e. The van der Waals surface area contributed by atoms with Crippen molar-refractivity contribution in [2.24, 2.45) is 0 Å². The summed E-state index contributed by atoms with van der Waals surface area (Å²) < 4.78 is 0. The van der Waals surface area contributed by atoms with Crippen LogP contribution in [0.3, 0.4) is 0 Å². The molecule has 1 aromatic carbocycles. The van der Waals surface area contributed by atoms with Crippen molar-refractivity contribution in [3.8, 4) is 0 Å². The lowest BCUT2D eigenvalue weighted by Crippen LogP contribution is -2.35. The molecule has 0 heterocycles. The molecule has 0 aliphatic heterocycles. The Bertz CT molecular complexity index is 363. The van der Waals surface area contributed by atoms with Crippen molar-refractivity contribution >= 4 is 23.0 Å². The minimum absolute atomic E-state index is 0. The first kappa shape index (κ1) is 15.0. The maximum absolute atomic E-state index is 5.28. The van der Waals surface area contributed by atoms with Crippen molar-refractivity contribution in [1.29, 1.82) is 0 Å². The molecule has 3 heteroatoms. The van der Waals surface area contributed by atoms with Gasteiger partial charge in [0.1, 0.15) is 0 Å². The Morgan fingerprint density at radius 1 is 1.17 bits per heavy atom. The Hall–Kier alpha value is -1.09. The van der Waals surface area contributed by atoms with E-state index in [2.05, 4.69) is 41.8 Å². The normalized spacial score (nSPS) is 14.6. The number of aryl methyl sites for hydroxylation is 1. The van der Waals surface area contributed by atoms with Gasteiger partial charge in [0, 0.05) is 14.6 Å². The Morgan fingerprint density at radius 2 is 1.72 bits per heavy atom. The van der Waals surface area contributed by atoms with Gasteiger partial charge < -0.3 is 10.6 Å². The van der Waals surface area contributed by atoms with E-state index in [9.17, 15) is 0 Å². The highest BCUT2D eigenvalue weighted by Crippen LogP contribution is 2.17. The molecular weight excluding hydrogens is 240 g/mol. The zero-order valence-corrected chi connectivity index (χ0v) is 12.4. The van der Waals surface area contributed by atoms with E-state index in [1.807, 2.05) is 13.8 Å². The van der Waals surface area contributed by atoms with Gasteiger partial charge in [0.25, 0.3) is 0 Å². The van der Waals surface area contributed by atoms with Crippen LogP contribution in [0.1, 0.15) is 47.9 Å². The fourth-order valence-corrected chi connectivity index (χ4v) is 2.34. The van der Waals surface area contributed by atoms with E-state index < -0.39 is 0 Å². The second-order valence-electron chi connectivity index (χ2n) is 4.45. The van der Waals surface area contributed by atoms with E-state index in [1.165, 1.54) is 31.2 Å². The summed E-state index contributed by atoms with van der Waals surface area (Å²) in [5, 5.41) is 7.32. The van der Waals surface area contributed by atoms with Crippen molar-refractivity contribution in [2.45, 2.75) is 52.5 Å². The lowest BCUT2D eigenvalue weighted by atomic mass is 10.2. The number of nitrogens with one attached hydrogen (secondary N) is 2. The fraction of sp³-hybridized carbons (Fsp3) is 0.533. The third kappa shape index (κ3) is 5.05. The van der Waals surface area contributed by atoms with Crippen LogP contribution in [0.15, 0.2) is 24.3 Å². The molecule has 0 atom stereocenters. The van der Waals surface area contributed by atoms with Gasteiger partial charge in [-0.15, -0.1) is 0 Å². The lowest BCUT2D eigenvalue weighted by molar-refractivity contribution is 0.634. The quantitative estimate of drug-likeness (QED) is 0.757. The van der Waals surface area contributed by atoms with Gasteiger partial charge in [-0.05, 0) is 44.1 Å². The Kier molecular flexibility index (Phi) is 6.73. The monoisotopic (exact) mass is 268 g/mol. The van der Waals surface area contributed by atoms with Crippen molar-refractivity contribution in [2.75, 3.05) is 5.32 Å². The maximum Gasteiger partial charge on any atom is 0.170 e. The van der Waals surface area contributed by atoms with Crippen LogP contribution in [0, 0.1) is 6.92 Å². The average molecular weight is 268 g/mol.